The highest BCUT2D eigenvalue weighted by atomic mass is 16.5. The Bertz CT molecular complexity index is 1390. The van der Waals surface area contributed by atoms with Crippen LogP contribution >= 0.6 is 0 Å². The molecule has 40 heavy (non-hydrogen) atoms. The van der Waals surface area contributed by atoms with Gasteiger partial charge in [0.1, 0.15) is 6.10 Å². The Kier molecular flexibility index (Phi) is 5.30. The summed E-state index contributed by atoms with van der Waals surface area (Å²) in [5, 5.41) is 24.7. The number of imide groups is 1. The van der Waals surface area contributed by atoms with Crippen LogP contribution in [-0.2, 0) is 5.41 Å². The molecular formula is C32H36N2O6. The Hall–Kier alpha value is -2.94. The molecule has 2 N–H and O–H groups in total. The van der Waals surface area contributed by atoms with Gasteiger partial charge in [0.2, 0.25) is 0 Å². The first-order valence-electron chi connectivity index (χ1n) is 15.0. The van der Waals surface area contributed by atoms with Gasteiger partial charge in [0, 0.05) is 12.1 Å². The van der Waals surface area contributed by atoms with Gasteiger partial charge in [-0.1, -0.05) is 31.5 Å². The zero-order valence-electron chi connectivity index (χ0n) is 22.8. The van der Waals surface area contributed by atoms with Gasteiger partial charge in [-0.2, -0.15) is 0 Å². The predicted octanol–water partition coefficient (Wildman–Crippen LogP) is 3.59. The minimum atomic E-state index is -1.26. The molecule has 6 atom stereocenters. The second-order valence-corrected chi connectivity index (χ2v) is 12.7. The van der Waals surface area contributed by atoms with Crippen molar-refractivity contribution >= 4 is 11.8 Å². The number of carbonyl (C=O) groups is 2. The lowest BCUT2D eigenvalue weighted by Crippen LogP contribution is -2.79. The normalized spacial score (nSPS) is 35.4. The van der Waals surface area contributed by atoms with Crippen molar-refractivity contribution in [3.8, 4) is 11.5 Å². The quantitative estimate of drug-likeness (QED) is 0.406. The van der Waals surface area contributed by atoms with Crippen LogP contribution in [0.3, 0.4) is 0 Å². The average Bonchev–Trinajstić information content (AvgIpc) is 3.65. The number of nitrogens with zero attached hydrogens (tertiary/aromatic N) is 2. The van der Waals surface area contributed by atoms with E-state index in [0.29, 0.717) is 54.4 Å². The fraction of sp³-hybridized carbons (Fsp3) is 0.562. The maximum atomic E-state index is 13.7. The number of piperidine rings is 1. The first-order valence-corrected chi connectivity index (χ1v) is 15.0. The summed E-state index contributed by atoms with van der Waals surface area (Å²) in [6, 6.07) is 9.78. The lowest BCUT2D eigenvalue weighted by atomic mass is 9.47. The molecule has 1 spiro atoms. The molecule has 1 saturated heterocycles. The third kappa shape index (κ3) is 3.02. The van der Waals surface area contributed by atoms with Crippen molar-refractivity contribution < 1.29 is 29.3 Å². The molecule has 210 valence electrons. The summed E-state index contributed by atoms with van der Waals surface area (Å²) >= 11 is 0. The highest BCUT2D eigenvalue weighted by Gasteiger charge is 2.75. The van der Waals surface area contributed by atoms with Crippen molar-refractivity contribution in [3.05, 3.63) is 58.7 Å². The smallest absolute Gasteiger partial charge is 0.261 e. The Morgan fingerprint density at radius 3 is 2.50 bits per heavy atom. The number of ether oxygens (including phenoxy) is 2. The number of rotatable bonds is 7. The lowest BCUT2D eigenvalue weighted by molar-refractivity contribution is -0.220. The van der Waals surface area contributed by atoms with Crippen LogP contribution in [0.4, 0.5) is 0 Å². The minimum absolute atomic E-state index is 0.301. The van der Waals surface area contributed by atoms with Gasteiger partial charge in [-0.3, -0.25) is 19.4 Å². The summed E-state index contributed by atoms with van der Waals surface area (Å²) in [7, 11) is 0. The summed E-state index contributed by atoms with van der Waals surface area (Å²) in [5.41, 5.74) is 0.316. The van der Waals surface area contributed by atoms with Gasteiger partial charge < -0.3 is 19.7 Å². The Balaban J connectivity index is 1.27. The number of aliphatic hydroxyl groups is 2. The van der Waals surface area contributed by atoms with Crippen LogP contribution in [0, 0.1) is 5.92 Å². The van der Waals surface area contributed by atoms with Crippen LogP contribution in [0.5, 0.6) is 11.5 Å². The largest absolute Gasteiger partial charge is 0.490 e. The molecular weight excluding hydrogens is 508 g/mol. The molecule has 3 fully saturated rings. The molecule has 6 aliphatic rings. The van der Waals surface area contributed by atoms with Gasteiger partial charge >= 0.3 is 0 Å². The number of carbonyl (C=O) groups excluding carboxylic acids is 2. The Morgan fingerprint density at radius 2 is 1.80 bits per heavy atom. The van der Waals surface area contributed by atoms with E-state index in [9.17, 15) is 19.8 Å². The van der Waals surface area contributed by atoms with Crippen molar-refractivity contribution in [2.45, 2.75) is 87.2 Å². The zero-order valence-corrected chi connectivity index (χ0v) is 22.8. The molecule has 8 nitrogen and oxygen atoms in total. The van der Waals surface area contributed by atoms with Crippen molar-refractivity contribution in [1.82, 2.24) is 9.80 Å². The summed E-state index contributed by atoms with van der Waals surface area (Å²) in [6.07, 6.45) is 4.18. The molecule has 3 heterocycles. The summed E-state index contributed by atoms with van der Waals surface area (Å²) in [4.78, 5) is 31.0. The maximum Gasteiger partial charge on any atom is 0.261 e. The first kappa shape index (κ1) is 24.8. The lowest BCUT2D eigenvalue weighted by Gasteiger charge is -2.65. The van der Waals surface area contributed by atoms with E-state index in [-0.39, 0.29) is 11.8 Å². The number of hydrogen-bond donors (Lipinski definition) is 2. The molecule has 3 aliphatic carbocycles. The summed E-state index contributed by atoms with van der Waals surface area (Å²) in [6.45, 7) is 4.23. The zero-order chi connectivity index (χ0) is 27.4. The fourth-order valence-electron chi connectivity index (χ4n) is 8.72. The molecule has 8 rings (SSSR count). The van der Waals surface area contributed by atoms with E-state index in [1.165, 1.54) is 17.7 Å². The monoisotopic (exact) mass is 544 g/mol. The van der Waals surface area contributed by atoms with E-state index in [1.807, 2.05) is 12.1 Å². The molecule has 3 aliphatic heterocycles. The van der Waals surface area contributed by atoms with Crippen LogP contribution < -0.4 is 9.47 Å². The number of benzene rings is 2. The van der Waals surface area contributed by atoms with Gasteiger partial charge in [0.25, 0.3) is 11.8 Å². The van der Waals surface area contributed by atoms with Gasteiger partial charge in [0.05, 0.1) is 46.9 Å². The van der Waals surface area contributed by atoms with E-state index in [2.05, 4.69) is 11.8 Å². The number of likely N-dealkylation sites (tertiary alicyclic amines) is 1. The third-order valence-corrected chi connectivity index (χ3v) is 10.7. The number of amides is 2. The standard InChI is InChI=1S/C32H36N2O6/c1-2-3-16-39-23-11-10-21-24-26(23)40-28-22(34-29(36)19-6-4-5-7-20(19)30(34)37)12-13-32(38)27(25(21)35)33(17-18-8-9-18)15-14-31(24,28)32/h4-7,10-11,18,22,25,27-28,35,38H,2-3,8-9,12-17H2,1H3/t22?,25-,27?,28?,31?,32?/m0/s1. The number of aliphatic hydroxyl groups excluding tert-OH is 1. The molecule has 5 unspecified atom stereocenters. The highest BCUT2D eigenvalue weighted by Crippen LogP contribution is 2.68. The highest BCUT2D eigenvalue weighted by molar-refractivity contribution is 6.21. The molecule has 2 bridgehead atoms. The van der Waals surface area contributed by atoms with Crippen LogP contribution in [-0.4, -0.2) is 75.3 Å². The van der Waals surface area contributed by atoms with Crippen LogP contribution in [0.15, 0.2) is 36.4 Å². The topological polar surface area (TPSA) is 99.5 Å². The number of fused-ring (bicyclic) bond motifs is 1. The van der Waals surface area contributed by atoms with E-state index in [0.717, 1.165) is 37.1 Å². The average molecular weight is 545 g/mol. The van der Waals surface area contributed by atoms with Crippen molar-refractivity contribution in [3.63, 3.8) is 0 Å². The van der Waals surface area contributed by atoms with Crippen molar-refractivity contribution in [2.75, 3.05) is 19.7 Å². The maximum absolute atomic E-state index is 13.7. The third-order valence-electron chi connectivity index (χ3n) is 10.7. The van der Waals surface area contributed by atoms with Gasteiger partial charge in [-0.25, -0.2) is 0 Å². The van der Waals surface area contributed by atoms with Gasteiger partial charge in [-0.05, 0) is 74.8 Å². The second kappa shape index (κ2) is 8.54. The molecule has 2 amide bonds. The van der Waals surface area contributed by atoms with Crippen molar-refractivity contribution in [1.29, 1.82) is 0 Å². The van der Waals surface area contributed by atoms with E-state index >= 15 is 0 Å². The molecule has 0 aromatic heterocycles. The van der Waals surface area contributed by atoms with E-state index in [1.54, 1.807) is 24.3 Å². The Labute approximate surface area is 233 Å². The SMILES string of the molecule is CCCCOc1ccc2c3c1OC1C(N4C(=O)c5ccccc5C4=O)CCC4(O)C([C@H]2O)N(CC2CC2)CCC314. The van der Waals surface area contributed by atoms with Crippen LogP contribution in [0.1, 0.15) is 89.8 Å². The fourth-order valence-corrected chi connectivity index (χ4v) is 8.72. The predicted molar refractivity (Wildman–Crippen MR) is 146 cm³/mol. The minimum Gasteiger partial charge on any atom is -0.490 e. The Morgan fingerprint density at radius 1 is 1.05 bits per heavy atom. The molecule has 2 aromatic rings. The van der Waals surface area contributed by atoms with Gasteiger partial charge in [0.15, 0.2) is 11.5 Å². The summed E-state index contributed by atoms with van der Waals surface area (Å²) in [5.74, 6) is 1.18. The first-order chi connectivity index (χ1) is 19.4. The summed E-state index contributed by atoms with van der Waals surface area (Å²) < 4.78 is 13.0. The van der Waals surface area contributed by atoms with Crippen molar-refractivity contribution in [2.24, 2.45) is 5.92 Å². The molecule has 8 heteroatoms. The van der Waals surface area contributed by atoms with Gasteiger partial charge in [-0.15, -0.1) is 0 Å². The van der Waals surface area contributed by atoms with Crippen LogP contribution in [0.25, 0.3) is 0 Å². The molecule has 0 radical (unpaired) electrons. The van der Waals surface area contributed by atoms with Crippen LogP contribution in [0.2, 0.25) is 0 Å². The van der Waals surface area contributed by atoms with E-state index in [4.69, 9.17) is 9.47 Å². The second-order valence-electron chi connectivity index (χ2n) is 12.7. The number of hydrogen-bond acceptors (Lipinski definition) is 7. The number of unbranched alkanes of at least 4 members (excludes halogenated alkanes) is 1. The molecule has 2 aromatic carbocycles. The molecule has 2 saturated carbocycles. The van der Waals surface area contributed by atoms with E-state index < -0.39 is 35.3 Å².